The molecule has 0 aliphatic heterocycles. The predicted octanol–water partition coefficient (Wildman–Crippen LogP) is 2.20. The van der Waals surface area contributed by atoms with Gasteiger partial charge in [-0.15, -0.1) is 0 Å². The first-order valence-corrected chi connectivity index (χ1v) is 8.48. The van der Waals surface area contributed by atoms with Crippen LogP contribution in [0.5, 0.6) is 0 Å². The Labute approximate surface area is 154 Å². The number of aromatic nitrogens is 4. The minimum Gasteiger partial charge on any atom is -0.335 e. The molecule has 136 valence electrons. The lowest BCUT2D eigenvalue weighted by molar-refractivity contribution is 0.102. The average molecular weight is 363 g/mol. The van der Waals surface area contributed by atoms with Gasteiger partial charge in [-0.1, -0.05) is 0 Å². The molecule has 0 spiro atoms. The maximum Gasteiger partial charge on any atom is 0.319 e. The molecule has 1 fully saturated rings. The summed E-state index contributed by atoms with van der Waals surface area (Å²) in [6.07, 6.45) is 6.56. The Balaban J connectivity index is 1.43. The maximum atomic E-state index is 12.5. The van der Waals surface area contributed by atoms with Crippen LogP contribution in [0.4, 0.5) is 16.2 Å². The van der Waals surface area contributed by atoms with E-state index in [4.69, 9.17) is 0 Å². The first kappa shape index (κ1) is 16.7. The van der Waals surface area contributed by atoms with Crippen molar-refractivity contribution in [2.24, 2.45) is 0 Å². The Bertz CT molecular complexity index is 950. The second-order valence-electron chi connectivity index (χ2n) is 6.12. The quantitative estimate of drug-likeness (QED) is 0.643. The molecule has 2 heterocycles. The Morgan fingerprint density at radius 1 is 1.07 bits per heavy atom. The Hall–Kier alpha value is -3.75. The zero-order chi connectivity index (χ0) is 18.6. The third-order valence-corrected chi connectivity index (χ3v) is 3.99. The largest absolute Gasteiger partial charge is 0.335 e. The Morgan fingerprint density at radius 3 is 2.59 bits per heavy atom. The van der Waals surface area contributed by atoms with Crippen LogP contribution >= 0.6 is 0 Å². The highest BCUT2D eigenvalue weighted by molar-refractivity contribution is 6.05. The third-order valence-electron chi connectivity index (χ3n) is 3.99. The van der Waals surface area contributed by atoms with Gasteiger partial charge in [0.1, 0.15) is 12.7 Å². The van der Waals surface area contributed by atoms with Crippen LogP contribution in [-0.2, 0) is 0 Å². The number of nitrogens with one attached hydrogen (secondary N) is 3. The number of carbonyl (C=O) groups is 2. The smallest absolute Gasteiger partial charge is 0.319 e. The lowest BCUT2D eigenvalue weighted by atomic mass is 10.2. The summed E-state index contributed by atoms with van der Waals surface area (Å²) in [4.78, 5) is 32.4. The van der Waals surface area contributed by atoms with Gasteiger partial charge < -0.3 is 16.0 Å². The highest BCUT2D eigenvalue weighted by atomic mass is 16.2. The fraction of sp³-hybridized carbons (Fsp3) is 0.167. The van der Waals surface area contributed by atoms with Crippen LogP contribution in [0, 0.1) is 0 Å². The minimum atomic E-state index is -0.293. The van der Waals surface area contributed by atoms with Gasteiger partial charge in [-0.3, -0.25) is 4.79 Å². The summed E-state index contributed by atoms with van der Waals surface area (Å²) in [5.74, 6) is 0.178. The molecule has 1 aliphatic rings. The minimum absolute atomic E-state index is 0.234. The fourth-order valence-electron chi connectivity index (χ4n) is 2.47. The van der Waals surface area contributed by atoms with Crippen molar-refractivity contribution in [3.8, 4) is 5.82 Å². The molecule has 1 aliphatic carbocycles. The average Bonchev–Trinajstić information content (AvgIpc) is 3.31. The molecule has 27 heavy (non-hydrogen) atoms. The standard InChI is InChI=1S/C18H17N7O2/c26-17(24-15-2-1-9-20-16(15)25-11-19-10-21-25)12-3-5-13(6-4-12)22-18(27)23-14-7-8-14/h1-6,9-11,14H,7-8H2,(H,24,26)(H2,22,23,27). The van der Waals surface area contributed by atoms with Gasteiger partial charge in [0.15, 0.2) is 5.82 Å². The van der Waals surface area contributed by atoms with Gasteiger partial charge in [0, 0.05) is 23.5 Å². The summed E-state index contributed by atoms with van der Waals surface area (Å²) >= 11 is 0. The summed E-state index contributed by atoms with van der Waals surface area (Å²) in [7, 11) is 0. The van der Waals surface area contributed by atoms with Crippen LogP contribution in [-0.4, -0.2) is 37.7 Å². The van der Waals surface area contributed by atoms with Gasteiger partial charge in [-0.25, -0.2) is 19.4 Å². The van der Waals surface area contributed by atoms with Crippen molar-refractivity contribution in [3.63, 3.8) is 0 Å². The molecule has 9 heteroatoms. The number of benzene rings is 1. The van der Waals surface area contributed by atoms with E-state index in [0.717, 1.165) is 12.8 Å². The normalized spacial score (nSPS) is 13.0. The number of hydrogen-bond donors (Lipinski definition) is 3. The zero-order valence-electron chi connectivity index (χ0n) is 14.3. The topological polar surface area (TPSA) is 114 Å². The molecule has 1 saturated carbocycles. The second-order valence-corrected chi connectivity index (χ2v) is 6.12. The van der Waals surface area contributed by atoms with E-state index in [1.54, 1.807) is 42.6 Å². The van der Waals surface area contributed by atoms with E-state index in [1.165, 1.54) is 17.3 Å². The number of pyridine rings is 1. The van der Waals surface area contributed by atoms with E-state index in [9.17, 15) is 9.59 Å². The van der Waals surface area contributed by atoms with E-state index < -0.39 is 0 Å². The van der Waals surface area contributed by atoms with Gasteiger partial charge in [-0.05, 0) is 49.2 Å². The highest BCUT2D eigenvalue weighted by Crippen LogP contribution is 2.20. The second kappa shape index (κ2) is 7.24. The molecular weight excluding hydrogens is 346 g/mol. The third kappa shape index (κ3) is 4.09. The predicted molar refractivity (Wildman–Crippen MR) is 98.7 cm³/mol. The lowest BCUT2D eigenvalue weighted by Crippen LogP contribution is -2.30. The van der Waals surface area contributed by atoms with Crippen LogP contribution in [0.15, 0.2) is 55.2 Å². The molecule has 0 radical (unpaired) electrons. The number of amides is 3. The summed E-state index contributed by atoms with van der Waals surface area (Å²) in [5, 5.41) is 12.4. The molecule has 0 bridgehead atoms. The number of urea groups is 1. The fourth-order valence-corrected chi connectivity index (χ4v) is 2.47. The number of anilines is 2. The van der Waals surface area contributed by atoms with Crippen molar-refractivity contribution in [1.29, 1.82) is 0 Å². The van der Waals surface area contributed by atoms with Crippen LogP contribution < -0.4 is 16.0 Å². The van der Waals surface area contributed by atoms with Crippen molar-refractivity contribution in [2.75, 3.05) is 10.6 Å². The van der Waals surface area contributed by atoms with E-state index >= 15 is 0 Å². The number of hydrogen-bond acceptors (Lipinski definition) is 5. The van der Waals surface area contributed by atoms with Crippen molar-refractivity contribution in [3.05, 3.63) is 60.8 Å². The van der Waals surface area contributed by atoms with E-state index in [0.29, 0.717) is 22.8 Å². The van der Waals surface area contributed by atoms with Crippen molar-refractivity contribution in [2.45, 2.75) is 18.9 Å². The lowest BCUT2D eigenvalue weighted by Gasteiger charge is -2.10. The van der Waals surface area contributed by atoms with Crippen LogP contribution in [0.25, 0.3) is 5.82 Å². The number of carbonyl (C=O) groups excluding carboxylic acids is 2. The molecule has 3 amide bonds. The van der Waals surface area contributed by atoms with E-state index in [1.807, 2.05) is 0 Å². The van der Waals surface area contributed by atoms with Gasteiger partial charge in [0.2, 0.25) is 0 Å². The molecule has 3 aromatic rings. The molecule has 0 atom stereocenters. The van der Waals surface area contributed by atoms with Crippen molar-refractivity contribution >= 4 is 23.3 Å². The first-order chi connectivity index (χ1) is 13.2. The molecule has 1 aromatic carbocycles. The zero-order valence-corrected chi connectivity index (χ0v) is 14.3. The molecule has 0 unspecified atom stereocenters. The van der Waals surface area contributed by atoms with Crippen molar-refractivity contribution < 1.29 is 9.59 Å². The summed E-state index contributed by atoms with van der Waals surface area (Å²) in [6, 6.07) is 10.2. The SMILES string of the molecule is O=C(Nc1ccc(C(=O)Nc2cccnc2-n2cncn2)cc1)NC1CC1. The molecule has 3 N–H and O–H groups in total. The summed E-state index contributed by atoms with van der Waals surface area (Å²) in [5.41, 5.74) is 1.59. The molecule has 4 rings (SSSR count). The van der Waals surface area contributed by atoms with E-state index in [-0.39, 0.29) is 18.0 Å². The highest BCUT2D eigenvalue weighted by Gasteiger charge is 2.23. The molecule has 0 saturated heterocycles. The first-order valence-electron chi connectivity index (χ1n) is 8.48. The maximum absolute atomic E-state index is 12.5. The van der Waals surface area contributed by atoms with Crippen molar-refractivity contribution in [1.82, 2.24) is 25.1 Å². The monoisotopic (exact) mass is 363 g/mol. The van der Waals surface area contributed by atoms with E-state index in [2.05, 4.69) is 31.0 Å². The molecular formula is C18H17N7O2. The van der Waals surface area contributed by atoms with Gasteiger partial charge in [0.05, 0.1) is 5.69 Å². The summed E-state index contributed by atoms with van der Waals surface area (Å²) in [6.45, 7) is 0. The van der Waals surface area contributed by atoms with Crippen LogP contribution in [0.1, 0.15) is 23.2 Å². The summed E-state index contributed by atoms with van der Waals surface area (Å²) < 4.78 is 1.47. The number of nitrogens with zero attached hydrogens (tertiary/aromatic N) is 4. The Morgan fingerprint density at radius 2 is 1.89 bits per heavy atom. The molecule has 2 aromatic heterocycles. The van der Waals surface area contributed by atoms with Crippen LogP contribution in [0.3, 0.4) is 0 Å². The van der Waals surface area contributed by atoms with Crippen LogP contribution in [0.2, 0.25) is 0 Å². The van der Waals surface area contributed by atoms with Gasteiger partial charge in [-0.2, -0.15) is 5.10 Å². The van der Waals surface area contributed by atoms with Gasteiger partial charge >= 0.3 is 6.03 Å². The van der Waals surface area contributed by atoms with Gasteiger partial charge in [0.25, 0.3) is 5.91 Å². The number of rotatable bonds is 5. The molecule has 9 nitrogen and oxygen atoms in total. The Kier molecular flexibility index (Phi) is 4.48.